The zero-order valence-corrected chi connectivity index (χ0v) is 10.3. The summed E-state index contributed by atoms with van der Waals surface area (Å²) in [5.74, 6) is 0.332. The molecule has 0 radical (unpaired) electrons. The summed E-state index contributed by atoms with van der Waals surface area (Å²) in [4.78, 5) is 10.8. The molecule has 2 rings (SSSR count). The van der Waals surface area contributed by atoms with Crippen molar-refractivity contribution in [2.24, 2.45) is 0 Å². The summed E-state index contributed by atoms with van der Waals surface area (Å²) in [6.45, 7) is 0. The molecule has 0 unspecified atom stereocenters. The Hall–Kier alpha value is -1.81. The molecule has 0 fully saturated rings. The SMILES string of the molecule is O=C(O)c1ccc(Oc2ccccc2)cc1Br. The van der Waals surface area contributed by atoms with Gasteiger partial charge in [-0.2, -0.15) is 0 Å². The number of ether oxygens (including phenoxy) is 1. The van der Waals surface area contributed by atoms with Gasteiger partial charge in [-0.05, 0) is 46.3 Å². The molecule has 0 aliphatic rings. The Morgan fingerprint density at radius 3 is 2.35 bits per heavy atom. The van der Waals surface area contributed by atoms with Gasteiger partial charge in [0.2, 0.25) is 0 Å². The largest absolute Gasteiger partial charge is 0.478 e. The summed E-state index contributed by atoms with van der Waals surface area (Å²) in [5.41, 5.74) is 0.213. The minimum atomic E-state index is -0.969. The molecule has 0 aliphatic carbocycles. The number of carboxylic acids is 1. The van der Waals surface area contributed by atoms with E-state index in [0.29, 0.717) is 16.0 Å². The summed E-state index contributed by atoms with van der Waals surface area (Å²) in [6.07, 6.45) is 0. The average Bonchev–Trinajstić information content (AvgIpc) is 2.30. The first-order chi connectivity index (χ1) is 8.16. The van der Waals surface area contributed by atoms with Crippen LogP contribution < -0.4 is 4.74 Å². The highest BCUT2D eigenvalue weighted by Gasteiger charge is 2.09. The van der Waals surface area contributed by atoms with E-state index in [0.717, 1.165) is 0 Å². The molecule has 0 aliphatic heterocycles. The van der Waals surface area contributed by atoms with Gasteiger partial charge < -0.3 is 9.84 Å². The zero-order valence-electron chi connectivity index (χ0n) is 8.76. The Bertz CT molecular complexity index is 538. The molecule has 0 heterocycles. The lowest BCUT2D eigenvalue weighted by Gasteiger charge is -2.06. The maximum atomic E-state index is 10.8. The van der Waals surface area contributed by atoms with Gasteiger partial charge in [0.15, 0.2) is 0 Å². The number of rotatable bonds is 3. The van der Waals surface area contributed by atoms with Gasteiger partial charge in [0.05, 0.1) is 5.56 Å². The van der Waals surface area contributed by atoms with Gasteiger partial charge in [-0.25, -0.2) is 4.79 Å². The van der Waals surface area contributed by atoms with Gasteiger partial charge >= 0.3 is 5.97 Å². The van der Waals surface area contributed by atoms with Gasteiger partial charge in [-0.15, -0.1) is 0 Å². The molecule has 0 atom stereocenters. The second-order valence-electron chi connectivity index (χ2n) is 3.36. The highest BCUT2D eigenvalue weighted by Crippen LogP contribution is 2.26. The lowest BCUT2D eigenvalue weighted by Crippen LogP contribution is -1.97. The third-order valence-corrected chi connectivity index (χ3v) is 2.81. The maximum Gasteiger partial charge on any atom is 0.336 e. The number of halogens is 1. The minimum Gasteiger partial charge on any atom is -0.478 e. The van der Waals surface area contributed by atoms with E-state index in [1.165, 1.54) is 6.07 Å². The summed E-state index contributed by atoms with van der Waals surface area (Å²) < 4.78 is 6.07. The van der Waals surface area contributed by atoms with E-state index in [9.17, 15) is 4.79 Å². The summed E-state index contributed by atoms with van der Waals surface area (Å²) in [6, 6.07) is 14.1. The fourth-order valence-electron chi connectivity index (χ4n) is 1.36. The van der Waals surface area contributed by atoms with Crippen molar-refractivity contribution >= 4 is 21.9 Å². The second-order valence-corrected chi connectivity index (χ2v) is 4.22. The smallest absolute Gasteiger partial charge is 0.336 e. The first-order valence-electron chi connectivity index (χ1n) is 4.92. The van der Waals surface area contributed by atoms with Crippen LogP contribution in [0.5, 0.6) is 11.5 Å². The van der Waals surface area contributed by atoms with Crippen LogP contribution in [-0.4, -0.2) is 11.1 Å². The molecule has 4 heteroatoms. The second kappa shape index (κ2) is 5.01. The highest BCUT2D eigenvalue weighted by molar-refractivity contribution is 9.10. The van der Waals surface area contributed by atoms with Crippen LogP contribution in [0.15, 0.2) is 53.0 Å². The van der Waals surface area contributed by atoms with E-state index in [1.54, 1.807) is 12.1 Å². The van der Waals surface area contributed by atoms with Crippen LogP contribution in [0.4, 0.5) is 0 Å². The minimum absolute atomic E-state index is 0.213. The van der Waals surface area contributed by atoms with Gasteiger partial charge in [0.1, 0.15) is 11.5 Å². The average molecular weight is 293 g/mol. The summed E-state index contributed by atoms with van der Waals surface area (Å²) in [5, 5.41) is 8.88. The molecule has 17 heavy (non-hydrogen) atoms. The van der Waals surface area contributed by atoms with Crippen LogP contribution >= 0.6 is 15.9 Å². The lowest BCUT2D eigenvalue weighted by atomic mass is 10.2. The summed E-state index contributed by atoms with van der Waals surface area (Å²) in [7, 11) is 0. The monoisotopic (exact) mass is 292 g/mol. The van der Waals surface area contributed by atoms with Crippen LogP contribution in [0.3, 0.4) is 0 Å². The van der Waals surface area contributed by atoms with Crippen LogP contribution in [0.25, 0.3) is 0 Å². The fraction of sp³-hybridized carbons (Fsp3) is 0. The first kappa shape index (κ1) is 11.7. The molecule has 0 saturated heterocycles. The van der Waals surface area contributed by atoms with E-state index in [2.05, 4.69) is 15.9 Å². The standard InChI is InChI=1S/C13H9BrO3/c14-12-8-10(6-7-11(12)13(15)16)17-9-4-2-1-3-5-9/h1-8H,(H,15,16). The highest BCUT2D eigenvalue weighted by atomic mass is 79.9. The van der Waals surface area contributed by atoms with Crippen molar-refractivity contribution in [3.63, 3.8) is 0 Å². The van der Waals surface area contributed by atoms with Crippen LogP contribution in [-0.2, 0) is 0 Å². The van der Waals surface area contributed by atoms with Gasteiger partial charge in [-0.3, -0.25) is 0 Å². The molecule has 2 aromatic rings. The Morgan fingerprint density at radius 1 is 1.06 bits per heavy atom. The van der Waals surface area contributed by atoms with E-state index < -0.39 is 5.97 Å². The first-order valence-corrected chi connectivity index (χ1v) is 5.72. The number of carbonyl (C=O) groups is 1. The number of carboxylic acid groups (broad SMARTS) is 1. The molecule has 0 bridgehead atoms. The van der Waals surface area contributed by atoms with Crippen LogP contribution in [0.1, 0.15) is 10.4 Å². The Morgan fingerprint density at radius 2 is 1.76 bits per heavy atom. The molecule has 1 N–H and O–H groups in total. The van der Waals surface area contributed by atoms with E-state index in [1.807, 2.05) is 30.3 Å². The lowest BCUT2D eigenvalue weighted by molar-refractivity contribution is 0.0696. The molecule has 0 saturated carbocycles. The molecule has 0 aromatic heterocycles. The molecule has 0 spiro atoms. The third kappa shape index (κ3) is 2.85. The fourth-order valence-corrected chi connectivity index (χ4v) is 1.88. The maximum absolute atomic E-state index is 10.8. The predicted octanol–water partition coefficient (Wildman–Crippen LogP) is 3.94. The topological polar surface area (TPSA) is 46.5 Å². The van der Waals surface area contributed by atoms with Crippen LogP contribution in [0, 0.1) is 0 Å². The number of hydrogen-bond acceptors (Lipinski definition) is 2. The van der Waals surface area contributed by atoms with Crippen molar-refractivity contribution in [2.75, 3.05) is 0 Å². The molecule has 3 nitrogen and oxygen atoms in total. The van der Waals surface area contributed by atoms with Gasteiger partial charge in [-0.1, -0.05) is 18.2 Å². The third-order valence-electron chi connectivity index (χ3n) is 2.15. The zero-order chi connectivity index (χ0) is 12.3. The summed E-state index contributed by atoms with van der Waals surface area (Å²) >= 11 is 3.20. The molecule has 0 amide bonds. The van der Waals surface area contributed by atoms with Crippen molar-refractivity contribution in [3.8, 4) is 11.5 Å². The van der Waals surface area contributed by atoms with Crippen molar-refractivity contribution in [1.29, 1.82) is 0 Å². The van der Waals surface area contributed by atoms with E-state index in [-0.39, 0.29) is 5.56 Å². The van der Waals surface area contributed by atoms with Gasteiger partial charge in [0.25, 0.3) is 0 Å². The number of aromatic carboxylic acids is 1. The quantitative estimate of drug-likeness (QED) is 0.932. The normalized spacial score (nSPS) is 9.94. The number of hydrogen-bond donors (Lipinski definition) is 1. The van der Waals surface area contributed by atoms with E-state index in [4.69, 9.17) is 9.84 Å². The Balaban J connectivity index is 2.24. The number of benzene rings is 2. The van der Waals surface area contributed by atoms with E-state index >= 15 is 0 Å². The molecule has 2 aromatic carbocycles. The molecular weight excluding hydrogens is 284 g/mol. The van der Waals surface area contributed by atoms with Crippen molar-refractivity contribution < 1.29 is 14.6 Å². The Labute approximate surface area is 107 Å². The van der Waals surface area contributed by atoms with Gasteiger partial charge in [0, 0.05) is 4.47 Å². The predicted molar refractivity (Wildman–Crippen MR) is 67.6 cm³/mol. The van der Waals surface area contributed by atoms with Crippen LogP contribution in [0.2, 0.25) is 0 Å². The number of para-hydroxylation sites is 1. The van der Waals surface area contributed by atoms with Crippen molar-refractivity contribution in [1.82, 2.24) is 0 Å². The Kier molecular flexibility index (Phi) is 3.44. The van der Waals surface area contributed by atoms with Crippen molar-refractivity contribution in [3.05, 3.63) is 58.6 Å². The van der Waals surface area contributed by atoms with Crippen molar-refractivity contribution in [2.45, 2.75) is 0 Å². The molecule has 86 valence electrons. The molecular formula is C13H9BrO3.